The van der Waals surface area contributed by atoms with Crippen LogP contribution in [0.2, 0.25) is 5.02 Å². The van der Waals surface area contributed by atoms with Crippen LogP contribution in [0.25, 0.3) is 0 Å². The Kier molecular flexibility index (Phi) is 4.16. The van der Waals surface area contributed by atoms with Crippen LogP contribution < -0.4 is 10.3 Å². The first-order chi connectivity index (χ1) is 9.06. The van der Waals surface area contributed by atoms with Gasteiger partial charge in [0, 0.05) is 12.1 Å². The minimum absolute atomic E-state index is 0.0453. The van der Waals surface area contributed by atoms with E-state index in [1.807, 2.05) is 0 Å². The zero-order valence-electron chi connectivity index (χ0n) is 10.3. The second-order valence-electron chi connectivity index (χ2n) is 3.96. The molecule has 100 valence electrons. The molecule has 0 saturated heterocycles. The van der Waals surface area contributed by atoms with E-state index in [0.717, 1.165) is 5.69 Å². The lowest BCUT2D eigenvalue weighted by Crippen LogP contribution is -2.25. The Labute approximate surface area is 114 Å². The van der Waals surface area contributed by atoms with Crippen LogP contribution in [0, 0.1) is 12.7 Å². The smallest absolute Gasteiger partial charge is 0.266 e. The van der Waals surface area contributed by atoms with Crippen molar-refractivity contribution in [3.05, 3.63) is 57.2 Å². The van der Waals surface area contributed by atoms with E-state index in [9.17, 15) is 9.18 Å². The summed E-state index contributed by atoms with van der Waals surface area (Å²) in [6.45, 7) is 2.31. The molecule has 0 aliphatic rings. The standard InChI is InChI=1S/C13H12ClFN2O2/c1-9-2-5-13(18)17(16-9)6-7-19-10-3-4-11(14)12(15)8-10/h2-5,8H,6-7H2,1H3. The van der Waals surface area contributed by atoms with Gasteiger partial charge < -0.3 is 4.74 Å². The van der Waals surface area contributed by atoms with E-state index in [1.54, 1.807) is 19.1 Å². The van der Waals surface area contributed by atoms with Crippen molar-refractivity contribution in [1.82, 2.24) is 9.78 Å². The van der Waals surface area contributed by atoms with Crippen LogP contribution in [0.3, 0.4) is 0 Å². The molecule has 19 heavy (non-hydrogen) atoms. The highest BCUT2D eigenvalue weighted by Crippen LogP contribution is 2.20. The molecule has 0 spiro atoms. The van der Waals surface area contributed by atoms with Gasteiger partial charge >= 0.3 is 0 Å². The number of benzene rings is 1. The molecule has 1 aromatic carbocycles. The van der Waals surface area contributed by atoms with Crippen molar-refractivity contribution in [2.45, 2.75) is 13.5 Å². The molecule has 4 nitrogen and oxygen atoms in total. The van der Waals surface area contributed by atoms with Gasteiger partial charge in [-0.2, -0.15) is 5.10 Å². The van der Waals surface area contributed by atoms with E-state index in [4.69, 9.17) is 16.3 Å². The summed E-state index contributed by atoms with van der Waals surface area (Å²) in [5.41, 5.74) is 0.550. The molecule has 0 radical (unpaired) electrons. The molecule has 0 atom stereocenters. The summed E-state index contributed by atoms with van der Waals surface area (Å²) in [6.07, 6.45) is 0. The van der Waals surface area contributed by atoms with E-state index in [-0.39, 0.29) is 17.2 Å². The van der Waals surface area contributed by atoms with Gasteiger partial charge in [-0.05, 0) is 25.1 Å². The van der Waals surface area contributed by atoms with Crippen LogP contribution in [-0.4, -0.2) is 16.4 Å². The molecule has 0 fully saturated rings. The van der Waals surface area contributed by atoms with E-state index in [2.05, 4.69) is 5.10 Å². The maximum atomic E-state index is 13.2. The van der Waals surface area contributed by atoms with Gasteiger partial charge in [0.05, 0.1) is 17.3 Å². The highest BCUT2D eigenvalue weighted by atomic mass is 35.5. The van der Waals surface area contributed by atoms with Gasteiger partial charge in [-0.1, -0.05) is 11.6 Å². The molecule has 0 saturated carbocycles. The number of nitrogens with zero attached hydrogens (tertiary/aromatic N) is 2. The van der Waals surface area contributed by atoms with Gasteiger partial charge in [0.2, 0.25) is 0 Å². The second-order valence-corrected chi connectivity index (χ2v) is 4.37. The maximum absolute atomic E-state index is 13.2. The molecule has 2 rings (SSSR count). The zero-order valence-corrected chi connectivity index (χ0v) is 11.0. The first-order valence-electron chi connectivity index (χ1n) is 5.69. The van der Waals surface area contributed by atoms with Gasteiger partial charge in [-0.3, -0.25) is 4.79 Å². The van der Waals surface area contributed by atoms with Crippen molar-refractivity contribution in [1.29, 1.82) is 0 Å². The summed E-state index contributed by atoms with van der Waals surface area (Å²) < 4.78 is 19.8. The molecular weight excluding hydrogens is 271 g/mol. The minimum atomic E-state index is -0.537. The fourth-order valence-electron chi connectivity index (χ4n) is 1.53. The van der Waals surface area contributed by atoms with Crippen LogP contribution >= 0.6 is 11.6 Å². The molecule has 0 aliphatic carbocycles. The predicted octanol–water partition coefficient (Wildman–Crippen LogP) is 2.42. The monoisotopic (exact) mass is 282 g/mol. The highest BCUT2D eigenvalue weighted by molar-refractivity contribution is 6.30. The van der Waals surface area contributed by atoms with E-state index >= 15 is 0 Å². The fraction of sp³-hybridized carbons (Fsp3) is 0.231. The van der Waals surface area contributed by atoms with Gasteiger partial charge in [-0.25, -0.2) is 9.07 Å². The number of hydrogen-bond donors (Lipinski definition) is 0. The normalized spacial score (nSPS) is 10.5. The minimum Gasteiger partial charge on any atom is -0.492 e. The Morgan fingerprint density at radius 2 is 2.16 bits per heavy atom. The maximum Gasteiger partial charge on any atom is 0.266 e. The van der Waals surface area contributed by atoms with Crippen LogP contribution in [0.4, 0.5) is 4.39 Å². The largest absolute Gasteiger partial charge is 0.492 e. The average molecular weight is 283 g/mol. The Hall–Kier alpha value is -1.88. The summed E-state index contributed by atoms with van der Waals surface area (Å²) in [7, 11) is 0. The fourth-order valence-corrected chi connectivity index (χ4v) is 1.65. The van der Waals surface area contributed by atoms with Crippen LogP contribution in [0.15, 0.2) is 35.1 Å². The SMILES string of the molecule is Cc1ccc(=O)n(CCOc2ccc(Cl)c(F)c2)n1. The summed E-state index contributed by atoms with van der Waals surface area (Å²) in [5.74, 6) is -0.174. The van der Waals surface area contributed by atoms with Crippen molar-refractivity contribution in [3.63, 3.8) is 0 Å². The van der Waals surface area contributed by atoms with E-state index in [1.165, 1.54) is 22.9 Å². The quantitative estimate of drug-likeness (QED) is 0.865. The number of ether oxygens (including phenoxy) is 1. The van der Waals surface area contributed by atoms with Gasteiger partial charge in [-0.15, -0.1) is 0 Å². The molecule has 0 bridgehead atoms. The lowest BCUT2D eigenvalue weighted by Gasteiger charge is -2.08. The Balaban J connectivity index is 1.98. The van der Waals surface area contributed by atoms with Crippen molar-refractivity contribution in [2.75, 3.05) is 6.61 Å². The first kappa shape index (κ1) is 13.5. The van der Waals surface area contributed by atoms with Gasteiger partial charge in [0.15, 0.2) is 0 Å². The topological polar surface area (TPSA) is 44.1 Å². The lowest BCUT2D eigenvalue weighted by molar-refractivity contribution is 0.286. The highest BCUT2D eigenvalue weighted by Gasteiger charge is 2.03. The molecule has 1 aromatic heterocycles. The Morgan fingerprint density at radius 3 is 2.89 bits per heavy atom. The number of hydrogen-bond acceptors (Lipinski definition) is 3. The van der Waals surface area contributed by atoms with Gasteiger partial charge in [0.25, 0.3) is 5.56 Å². The average Bonchev–Trinajstić information content (AvgIpc) is 2.38. The van der Waals surface area contributed by atoms with Crippen LogP contribution in [-0.2, 0) is 6.54 Å². The lowest BCUT2D eigenvalue weighted by atomic mass is 10.3. The third kappa shape index (κ3) is 3.54. The number of rotatable bonds is 4. The van der Waals surface area contributed by atoms with Crippen molar-refractivity contribution in [3.8, 4) is 5.75 Å². The number of halogens is 2. The van der Waals surface area contributed by atoms with E-state index in [0.29, 0.717) is 12.3 Å². The van der Waals surface area contributed by atoms with Crippen molar-refractivity contribution < 1.29 is 9.13 Å². The van der Waals surface area contributed by atoms with Crippen LogP contribution in [0.1, 0.15) is 5.69 Å². The van der Waals surface area contributed by atoms with Crippen molar-refractivity contribution in [2.24, 2.45) is 0 Å². The van der Waals surface area contributed by atoms with E-state index < -0.39 is 5.82 Å². The molecule has 2 aromatic rings. The number of aryl methyl sites for hydroxylation is 1. The molecule has 0 unspecified atom stereocenters. The summed E-state index contributed by atoms with van der Waals surface area (Å²) in [6, 6.07) is 7.29. The predicted molar refractivity (Wildman–Crippen MR) is 70.1 cm³/mol. The Morgan fingerprint density at radius 1 is 1.37 bits per heavy atom. The Bertz CT molecular complexity index is 643. The molecule has 6 heteroatoms. The zero-order chi connectivity index (χ0) is 13.8. The van der Waals surface area contributed by atoms with Crippen LogP contribution in [0.5, 0.6) is 5.75 Å². The molecule has 0 aliphatic heterocycles. The third-order valence-electron chi connectivity index (χ3n) is 2.46. The summed E-state index contributed by atoms with van der Waals surface area (Å²) in [4.78, 5) is 11.5. The van der Waals surface area contributed by atoms with Crippen molar-refractivity contribution >= 4 is 11.6 Å². The third-order valence-corrected chi connectivity index (χ3v) is 2.77. The molecule has 0 N–H and O–H groups in total. The molecule has 0 amide bonds. The second kappa shape index (κ2) is 5.84. The molecule has 1 heterocycles. The number of aromatic nitrogens is 2. The summed E-state index contributed by atoms with van der Waals surface area (Å²) >= 11 is 5.56. The van der Waals surface area contributed by atoms with Gasteiger partial charge in [0.1, 0.15) is 18.2 Å². The molecular formula is C13H12ClFN2O2. The first-order valence-corrected chi connectivity index (χ1v) is 6.07. The summed E-state index contributed by atoms with van der Waals surface area (Å²) in [5, 5.41) is 4.11.